The third-order valence-electron chi connectivity index (χ3n) is 11.6. The number of nitrogens with one attached hydrogen (secondary N) is 4. The second kappa shape index (κ2) is 25.5. The SMILES string of the molecule is CC.CN(CCC(C)(C)OCCNc1nc(N2CCN(C(=O)OC(C)(C)C)CC2)c2cc(Cl)c(Br)c(F)c2n1)Cc1cc(Cl)cc(NC(=O)NCc2ccc(C=O)c(CN(C)C3CCC(=O)NC3=O)c2)c1. The Balaban J connectivity index is 0.00000463. The van der Waals surface area contributed by atoms with Crippen LogP contribution < -0.4 is 26.2 Å². The van der Waals surface area contributed by atoms with Crippen LogP contribution >= 0.6 is 39.1 Å². The maximum atomic E-state index is 15.6. The monoisotopic (exact) mass is 1090 g/mol. The second-order valence-electron chi connectivity index (χ2n) is 18.9. The number of hydrogen-bond donors (Lipinski definition) is 4. The molecule has 21 heteroatoms. The number of carbonyl (C=O) groups excluding carboxylic acids is 5. The Hall–Kier alpha value is -5.18. The van der Waals surface area contributed by atoms with Crippen LogP contribution in [0, 0.1) is 5.82 Å². The third kappa shape index (κ3) is 16.4. The summed E-state index contributed by atoms with van der Waals surface area (Å²) in [6.45, 7) is 17.5. The van der Waals surface area contributed by atoms with Crippen LogP contribution in [0.5, 0.6) is 0 Å². The lowest BCUT2D eigenvalue weighted by atomic mass is 10.0. The molecular weight excluding hydrogens is 1020 g/mol. The molecular formula is C50H66BrCl2FN10O7. The van der Waals surface area contributed by atoms with E-state index in [-0.39, 0.29) is 51.8 Å². The van der Waals surface area contributed by atoms with Crippen molar-refractivity contribution in [3.8, 4) is 0 Å². The number of halogens is 4. The number of hydrogen-bond acceptors (Lipinski definition) is 13. The van der Waals surface area contributed by atoms with E-state index in [1.807, 2.05) is 78.6 Å². The average Bonchev–Trinajstić information content (AvgIpc) is 3.31. The molecule has 2 aliphatic rings. The zero-order chi connectivity index (χ0) is 52.2. The zero-order valence-corrected chi connectivity index (χ0v) is 45.0. The zero-order valence-electron chi connectivity index (χ0n) is 41.9. The molecule has 1 aromatic heterocycles. The fourth-order valence-electron chi connectivity index (χ4n) is 7.99. The number of ether oxygens (including phenoxy) is 2. The number of piperazine rings is 1. The summed E-state index contributed by atoms with van der Waals surface area (Å²) >= 11 is 16.1. The van der Waals surface area contributed by atoms with Gasteiger partial charge >= 0.3 is 12.1 Å². The molecule has 0 aliphatic carbocycles. The summed E-state index contributed by atoms with van der Waals surface area (Å²) in [5.41, 5.74) is 2.31. The Morgan fingerprint density at radius 1 is 0.986 bits per heavy atom. The van der Waals surface area contributed by atoms with Crippen molar-refractivity contribution in [3.63, 3.8) is 0 Å². The van der Waals surface area contributed by atoms with Crippen molar-refractivity contribution in [2.75, 3.05) is 75.5 Å². The summed E-state index contributed by atoms with van der Waals surface area (Å²) in [7, 11) is 3.76. The van der Waals surface area contributed by atoms with Crippen LogP contribution in [0.25, 0.3) is 10.9 Å². The molecule has 2 aliphatic heterocycles. The van der Waals surface area contributed by atoms with Crippen molar-refractivity contribution in [2.45, 2.75) is 105 Å². The molecule has 0 spiro atoms. The molecule has 1 unspecified atom stereocenters. The maximum absolute atomic E-state index is 15.6. The predicted molar refractivity (Wildman–Crippen MR) is 280 cm³/mol. The Morgan fingerprint density at radius 2 is 1.70 bits per heavy atom. The highest BCUT2D eigenvalue weighted by molar-refractivity contribution is 9.10. The number of aldehydes is 1. The first kappa shape index (κ1) is 56.7. The number of fused-ring (bicyclic) bond motifs is 1. The number of piperidine rings is 1. The average molecular weight is 1090 g/mol. The molecule has 2 fully saturated rings. The standard InChI is InChI=1S/C48H60BrCl2FN10O7.C2H6/c1-47(2,3)69-46(67)62-17-15-61(16-18-62)42-35-24-36(51)39(49)40(52)41(35)57-44(58-42)53-13-19-68-48(4,5)12-14-59(6)26-30-21-33(50)23-34(22-30)55-45(66)54-25-29-8-9-31(28-63)32(20-29)27-60(7)37-10-11-38(64)56-43(37)65;1-2/h8-9,20-24,28,37H,10-19,25-27H2,1-7H3,(H,53,57,58)(H2,54,55,66)(H,56,64,65);1-2H3. The highest BCUT2D eigenvalue weighted by atomic mass is 79.9. The van der Waals surface area contributed by atoms with Gasteiger partial charge in [0, 0.05) is 87.0 Å². The van der Waals surface area contributed by atoms with Crippen LogP contribution in [0.15, 0.2) is 46.9 Å². The van der Waals surface area contributed by atoms with Gasteiger partial charge < -0.3 is 40.1 Å². The minimum absolute atomic E-state index is 0.104. The summed E-state index contributed by atoms with van der Waals surface area (Å²) in [4.78, 5) is 78.5. The molecule has 1 atom stereocenters. The number of carbonyl (C=O) groups is 5. The van der Waals surface area contributed by atoms with Gasteiger partial charge in [0.25, 0.3) is 0 Å². The molecule has 3 heterocycles. The molecule has 0 radical (unpaired) electrons. The van der Waals surface area contributed by atoms with Gasteiger partial charge in [-0.3, -0.25) is 24.6 Å². The minimum Gasteiger partial charge on any atom is -0.444 e. The van der Waals surface area contributed by atoms with Gasteiger partial charge in [0.1, 0.15) is 23.2 Å². The molecule has 71 heavy (non-hydrogen) atoms. The molecule has 0 bridgehead atoms. The van der Waals surface area contributed by atoms with Crippen LogP contribution in [0.1, 0.15) is 94.8 Å². The van der Waals surface area contributed by atoms with Gasteiger partial charge in [0.2, 0.25) is 17.8 Å². The van der Waals surface area contributed by atoms with E-state index in [1.54, 1.807) is 41.1 Å². The van der Waals surface area contributed by atoms with Crippen molar-refractivity contribution >= 4 is 97.7 Å². The van der Waals surface area contributed by atoms with E-state index in [2.05, 4.69) is 47.1 Å². The van der Waals surface area contributed by atoms with Crippen LogP contribution in [0.4, 0.5) is 31.4 Å². The number of nitrogens with zero attached hydrogens (tertiary/aromatic N) is 6. The second-order valence-corrected chi connectivity index (χ2v) is 20.6. The predicted octanol–water partition coefficient (Wildman–Crippen LogP) is 9.02. The summed E-state index contributed by atoms with van der Waals surface area (Å²) in [5, 5.41) is 12.4. The van der Waals surface area contributed by atoms with E-state index in [1.165, 1.54) is 0 Å². The number of benzene rings is 3. The van der Waals surface area contributed by atoms with E-state index in [0.717, 1.165) is 17.4 Å². The first-order valence-electron chi connectivity index (χ1n) is 23.7. The van der Waals surface area contributed by atoms with Crippen molar-refractivity contribution in [1.29, 1.82) is 0 Å². The molecule has 3 aromatic carbocycles. The van der Waals surface area contributed by atoms with E-state index in [4.69, 9.17) is 37.7 Å². The number of aromatic nitrogens is 2. The maximum Gasteiger partial charge on any atom is 0.410 e. The molecule has 2 saturated heterocycles. The fraction of sp³-hybridized carbons (Fsp3) is 0.500. The Kier molecular flexibility index (Phi) is 20.3. The lowest BCUT2D eigenvalue weighted by Gasteiger charge is -2.36. The minimum atomic E-state index is -0.615. The number of likely N-dealkylation sites (N-methyl/N-ethyl adjacent to an activating group) is 1. The van der Waals surface area contributed by atoms with Crippen LogP contribution in [0.3, 0.4) is 0 Å². The third-order valence-corrected chi connectivity index (χ3v) is 13.1. The molecule has 4 N–H and O–H groups in total. The van der Waals surface area contributed by atoms with E-state index in [0.29, 0.717) is 105 Å². The quantitative estimate of drug-likeness (QED) is 0.0320. The number of urea groups is 1. The summed E-state index contributed by atoms with van der Waals surface area (Å²) in [6.07, 6.45) is 1.69. The van der Waals surface area contributed by atoms with Gasteiger partial charge in [0.15, 0.2) is 5.82 Å². The van der Waals surface area contributed by atoms with Gasteiger partial charge in [-0.05, 0) is 118 Å². The molecule has 5 amide bonds. The topological polar surface area (TPSA) is 191 Å². The molecule has 386 valence electrons. The van der Waals surface area contributed by atoms with Crippen molar-refractivity contribution in [2.24, 2.45) is 0 Å². The number of imide groups is 1. The number of amides is 5. The summed E-state index contributed by atoms with van der Waals surface area (Å²) in [6, 6.07) is 11.3. The summed E-state index contributed by atoms with van der Waals surface area (Å²) < 4.78 is 27.6. The van der Waals surface area contributed by atoms with E-state index < -0.39 is 29.1 Å². The van der Waals surface area contributed by atoms with Crippen molar-refractivity contribution in [1.82, 2.24) is 35.3 Å². The highest BCUT2D eigenvalue weighted by Gasteiger charge is 2.31. The van der Waals surface area contributed by atoms with Gasteiger partial charge in [0.05, 0.1) is 27.7 Å². The molecule has 17 nitrogen and oxygen atoms in total. The molecule has 0 saturated carbocycles. The Bertz CT molecular complexity index is 2560. The lowest BCUT2D eigenvalue weighted by molar-refractivity contribution is -0.137. The van der Waals surface area contributed by atoms with Gasteiger partial charge in [-0.25, -0.2) is 19.0 Å². The normalized spacial score (nSPS) is 15.3. The summed E-state index contributed by atoms with van der Waals surface area (Å²) in [5.74, 6) is -0.536. The van der Waals surface area contributed by atoms with E-state index in [9.17, 15) is 24.0 Å². The van der Waals surface area contributed by atoms with Gasteiger partial charge in [-0.1, -0.05) is 55.2 Å². The van der Waals surface area contributed by atoms with Crippen LogP contribution in [0.2, 0.25) is 10.0 Å². The largest absolute Gasteiger partial charge is 0.444 e. The highest BCUT2D eigenvalue weighted by Crippen LogP contribution is 2.36. The first-order valence-corrected chi connectivity index (χ1v) is 25.2. The van der Waals surface area contributed by atoms with Crippen molar-refractivity contribution in [3.05, 3.63) is 85.1 Å². The van der Waals surface area contributed by atoms with Crippen molar-refractivity contribution < 1.29 is 37.8 Å². The van der Waals surface area contributed by atoms with Gasteiger partial charge in [-0.2, -0.15) is 4.98 Å². The first-order chi connectivity index (χ1) is 33.6. The Morgan fingerprint density at radius 3 is 2.38 bits per heavy atom. The van der Waals surface area contributed by atoms with Crippen LogP contribution in [-0.4, -0.2) is 132 Å². The molecule has 4 aromatic rings. The number of anilines is 3. The van der Waals surface area contributed by atoms with E-state index >= 15 is 4.39 Å². The van der Waals surface area contributed by atoms with Crippen LogP contribution in [-0.2, 0) is 38.7 Å². The van der Waals surface area contributed by atoms with Gasteiger partial charge in [-0.15, -0.1) is 0 Å². The number of rotatable bonds is 18. The lowest BCUT2D eigenvalue weighted by Crippen LogP contribution is -2.51. The smallest absolute Gasteiger partial charge is 0.410 e. The molecule has 6 rings (SSSR count). The Labute approximate surface area is 434 Å². The fourth-order valence-corrected chi connectivity index (χ4v) is 8.74.